The van der Waals surface area contributed by atoms with Gasteiger partial charge in [0.05, 0.1) is 19.0 Å². The van der Waals surface area contributed by atoms with E-state index in [1.807, 2.05) is 43.3 Å². The number of amides is 1. The molecule has 118 valence electrons. The van der Waals surface area contributed by atoms with Crippen molar-refractivity contribution in [2.24, 2.45) is 0 Å². The van der Waals surface area contributed by atoms with Gasteiger partial charge in [-0.25, -0.2) is 0 Å². The van der Waals surface area contributed by atoms with Crippen molar-refractivity contribution >= 4 is 23.2 Å². The highest BCUT2D eigenvalue weighted by Gasteiger charge is 2.08. The smallest absolute Gasteiger partial charge is 0.238 e. The maximum atomic E-state index is 12.0. The summed E-state index contributed by atoms with van der Waals surface area (Å²) in [7, 11) is 0. The maximum Gasteiger partial charge on any atom is 0.238 e. The molecular weight excluding hydrogens is 310 g/mol. The van der Waals surface area contributed by atoms with Crippen LogP contribution in [-0.2, 0) is 11.2 Å². The number of carbonyl (C=O) groups excluding carboxylic acids is 1. The molecule has 2 N–H and O–H groups in total. The molecule has 0 radical (unpaired) electrons. The first-order valence-corrected chi connectivity index (χ1v) is 7.71. The largest absolute Gasteiger partial charge is 0.325 e. The van der Waals surface area contributed by atoms with Crippen LogP contribution in [0.3, 0.4) is 0 Å². The van der Waals surface area contributed by atoms with E-state index in [-0.39, 0.29) is 18.5 Å². The van der Waals surface area contributed by atoms with Crippen molar-refractivity contribution in [2.75, 3.05) is 11.9 Å². The van der Waals surface area contributed by atoms with Crippen molar-refractivity contribution in [3.8, 4) is 6.07 Å². The number of nitriles is 1. The molecule has 0 aromatic heterocycles. The zero-order chi connectivity index (χ0) is 16.7. The van der Waals surface area contributed by atoms with Gasteiger partial charge in [0.2, 0.25) is 5.91 Å². The molecule has 0 aliphatic rings. The summed E-state index contributed by atoms with van der Waals surface area (Å²) >= 11 is 5.97. The van der Waals surface area contributed by atoms with E-state index in [9.17, 15) is 4.79 Å². The summed E-state index contributed by atoms with van der Waals surface area (Å²) in [6.45, 7) is 2.18. The molecule has 0 spiro atoms. The quantitative estimate of drug-likeness (QED) is 0.850. The van der Waals surface area contributed by atoms with E-state index in [0.29, 0.717) is 17.1 Å². The highest BCUT2D eigenvalue weighted by Crippen LogP contribution is 2.17. The topological polar surface area (TPSA) is 64.9 Å². The lowest BCUT2D eigenvalue weighted by atomic mass is 10.1. The van der Waals surface area contributed by atoms with Gasteiger partial charge in [-0.1, -0.05) is 35.9 Å². The molecule has 1 amide bonds. The normalized spacial score (nSPS) is 11.5. The molecule has 2 aromatic rings. The monoisotopic (exact) mass is 327 g/mol. The molecular formula is C18H18ClN3O. The number of benzene rings is 2. The predicted molar refractivity (Wildman–Crippen MR) is 92.3 cm³/mol. The van der Waals surface area contributed by atoms with Gasteiger partial charge in [-0.3, -0.25) is 4.79 Å². The standard InChI is InChI=1S/C18H18ClN3O/c1-13(15-3-2-4-16(19)11-15)21-12-18(23)22-17-7-5-14(6-8-17)9-10-20/h2-8,11,13,21H,9,12H2,1H3,(H,22,23)/t13-/m0/s1. The zero-order valence-electron chi connectivity index (χ0n) is 12.8. The van der Waals surface area contributed by atoms with E-state index in [0.717, 1.165) is 11.1 Å². The number of hydrogen-bond donors (Lipinski definition) is 2. The first-order valence-electron chi connectivity index (χ1n) is 7.33. The summed E-state index contributed by atoms with van der Waals surface area (Å²) in [5.74, 6) is -0.119. The molecule has 4 nitrogen and oxygen atoms in total. The number of carbonyl (C=O) groups is 1. The third-order valence-corrected chi connectivity index (χ3v) is 3.67. The Balaban J connectivity index is 1.84. The summed E-state index contributed by atoms with van der Waals surface area (Å²) in [5.41, 5.74) is 2.68. The Morgan fingerprint density at radius 3 is 2.65 bits per heavy atom. The molecule has 1 atom stereocenters. The molecule has 0 saturated carbocycles. The summed E-state index contributed by atoms with van der Waals surface area (Å²) < 4.78 is 0. The molecule has 0 fully saturated rings. The van der Waals surface area contributed by atoms with Crippen LogP contribution >= 0.6 is 11.6 Å². The minimum atomic E-state index is -0.119. The maximum absolute atomic E-state index is 12.0. The second-order valence-electron chi connectivity index (χ2n) is 5.24. The van der Waals surface area contributed by atoms with Gasteiger partial charge < -0.3 is 10.6 Å². The lowest BCUT2D eigenvalue weighted by Crippen LogP contribution is -2.30. The Morgan fingerprint density at radius 2 is 2.00 bits per heavy atom. The molecule has 5 heteroatoms. The van der Waals surface area contributed by atoms with Crippen LogP contribution in [0.4, 0.5) is 5.69 Å². The lowest BCUT2D eigenvalue weighted by Gasteiger charge is -2.14. The number of hydrogen-bond acceptors (Lipinski definition) is 3. The molecule has 0 aliphatic carbocycles. The van der Waals surface area contributed by atoms with Gasteiger partial charge in [0.25, 0.3) is 0 Å². The van der Waals surface area contributed by atoms with Crippen LogP contribution in [0.5, 0.6) is 0 Å². The molecule has 0 saturated heterocycles. The van der Waals surface area contributed by atoms with Crippen LogP contribution in [-0.4, -0.2) is 12.5 Å². The number of anilines is 1. The van der Waals surface area contributed by atoms with E-state index in [4.69, 9.17) is 16.9 Å². The minimum Gasteiger partial charge on any atom is -0.325 e. The Labute approximate surface area is 141 Å². The molecule has 2 rings (SSSR count). The van der Waals surface area contributed by atoms with Crippen molar-refractivity contribution in [2.45, 2.75) is 19.4 Å². The van der Waals surface area contributed by atoms with Gasteiger partial charge in [0.1, 0.15) is 0 Å². The van der Waals surface area contributed by atoms with Gasteiger partial charge in [-0.15, -0.1) is 0 Å². The van der Waals surface area contributed by atoms with Crippen LogP contribution in [0.15, 0.2) is 48.5 Å². The molecule has 0 unspecified atom stereocenters. The van der Waals surface area contributed by atoms with Crippen molar-refractivity contribution in [1.82, 2.24) is 5.32 Å². The van der Waals surface area contributed by atoms with Crippen molar-refractivity contribution < 1.29 is 4.79 Å². The highest BCUT2D eigenvalue weighted by atomic mass is 35.5. The number of nitrogens with zero attached hydrogens (tertiary/aromatic N) is 1. The molecule has 2 aromatic carbocycles. The Bertz CT molecular complexity index is 707. The van der Waals surface area contributed by atoms with Crippen LogP contribution in [0.25, 0.3) is 0 Å². The van der Waals surface area contributed by atoms with E-state index >= 15 is 0 Å². The van der Waals surface area contributed by atoms with Gasteiger partial charge >= 0.3 is 0 Å². The van der Waals surface area contributed by atoms with Crippen molar-refractivity contribution in [1.29, 1.82) is 5.26 Å². The summed E-state index contributed by atoms with van der Waals surface area (Å²) in [4.78, 5) is 12.0. The third-order valence-electron chi connectivity index (χ3n) is 3.44. The first kappa shape index (κ1) is 17.0. The Hall–Kier alpha value is -2.35. The van der Waals surface area contributed by atoms with Crippen molar-refractivity contribution in [3.05, 3.63) is 64.7 Å². The van der Waals surface area contributed by atoms with Gasteiger partial charge in [0.15, 0.2) is 0 Å². The number of rotatable bonds is 6. The predicted octanol–water partition coefficient (Wildman–Crippen LogP) is 3.70. The average Bonchev–Trinajstić information content (AvgIpc) is 2.55. The fourth-order valence-corrected chi connectivity index (χ4v) is 2.34. The van der Waals surface area contributed by atoms with Gasteiger partial charge in [-0.2, -0.15) is 5.26 Å². The van der Waals surface area contributed by atoms with Crippen LogP contribution in [0, 0.1) is 11.3 Å². The fraction of sp³-hybridized carbons (Fsp3) is 0.222. The van der Waals surface area contributed by atoms with Crippen LogP contribution < -0.4 is 10.6 Å². The summed E-state index contributed by atoms with van der Waals surface area (Å²) in [6.07, 6.45) is 0.368. The second kappa shape index (κ2) is 8.33. The van der Waals surface area contributed by atoms with E-state index in [2.05, 4.69) is 16.7 Å². The minimum absolute atomic E-state index is 0.0254. The van der Waals surface area contributed by atoms with E-state index in [1.54, 1.807) is 12.1 Å². The number of halogens is 1. The fourth-order valence-electron chi connectivity index (χ4n) is 2.14. The lowest BCUT2D eigenvalue weighted by molar-refractivity contribution is -0.115. The molecule has 0 bridgehead atoms. The summed E-state index contributed by atoms with van der Waals surface area (Å²) in [6, 6.07) is 16.9. The zero-order valence-corrected chi connectivity index (χ0v) is 13.6. The van der Waals surface area contributed by atoms with Gasteiger partial charge in [0, 0.05) is 16.8 Å². The Morgan fingerprint density at radius 1 is 1.26 bits per heavy atom. The Kier molecular flexibility index (Phi) is 6.16. The molecule has 0 aliphatic heterocycles. The van der Waals surface area contributed by atoms with Crippen LogP contribution in [0.2, 0.25) is 5.02 Å². The van der Waals surface area contributed by atoms with Crippen LogP contribution in [0.1, 0.15) is 24.1 Å². The molecule has 0 heterocycles. The SMILES string of the molecule is C[C@H](NCC(=O)Nc1ccc(CC#N)cc1)c1cccc(Cl)c1. The average molecular weight is 328 g/mol. The third kappa shape index (κ3) is 5.41. The summed E-state index contributed by atoms with van der Waals surface area (Å²) in [5, 5.41) is 15.3. The van der Waals surface area contributed by atoms with Crippen molar-refractivity contribution in [3.63, 3.8) is 0 Å². The van der Waals surface area contributed by atoms with Gasteiger partial charge in [-0.05, 0) is 42.3 Å². The highest BCUT2D eigenvalue weighted by molar-refractivity contribution is 6.30. The number of nitrogens with one attached hydrogen (secondary N) is 2. The van der Waals surface area contributed by atoms with E-state index in [1.165, 1.54) is 0 Å². The molecule has 23 heavy (non-hydrogen) atoms. The van der Waals surface area contributed by atoms with E-state index < -0.39 is 0 Å². The second-order valence-corrected chi connectivity index (χ2v) is 5.67. The first-order chi connectivity index (χ1) is 11.1.